The van der Waals surface area contributed by atoms with Crippen LogP contribution < -0.4 is 10.9 Å². The van der Waals surface area contributed by atoms with Gasteiger partial charge in [-0.2, -0.15) is 5.10 Å². The molecule has 0 aromatic carbocycles. The molecule has 0 bridgehead atoms. The zero-order valence-corrected chi connectivity index (χ0v) is 9.51. The third-order valence-corrected chi connectivity index (χ3v) is 2.42. The fourth-order valence-corrected chi connectivity index (χ4v) is 1.49. The van der Waals surface area contributed by atoms with Crippen molar-refractivity contribution in [1.82, 2.24) is 20.4 Å². The van der Waals surface area contributed by atoms with Crippen molar-refractivity contribution in [1.29, 1.82) is 0 Å². The Morgan fingerprint density at radius 3 is 2.94 bits per heavy atom. The van der Waals surface area contributed by atoms with Crippen molar-refractivity contribution in [3.8, 4) is 0 Å². The van der Waals surface area contributed by atoms with Crippen LogP contribution in [0.1, 0.15) is 10.5 Å². The molecule has 0 spiro atoms. The molecule has 2 rings (SSSR count). The Labute approximate surface area is 102 Å². The molecule has 18 heavy (non-hydrogen) atoms. The van der Waals surface area contributed by atoms with Crippen molar-refractivity contribution in [3.63, 3.8) is 0 Å². The number of nitrogens with zero attached hydrogens (tertiary/aromatic N) is 2. The molecular formula is C10H12N4O4. The van der Waals surface area contributed by atoms with Crippen molar-refractivity contribution >= 4 is 12.0 Å². The Kier molecular flexibility index (Phi) is 3.56. The van der Waals surface area contributed by atoms with Gasteiger partial charge in [-0.15, -0.1) is 0 Å². The molecule has 2 amide bonds. The first-order chi connectivity index (χ1) is 8.66. The van der Waals surface area contributed by atoms with E-state index >= 15 is 0 Å². The average molecular weight is 252 g/mol. The number of carbonyl (C=O) groups excluding carboxylic acids is 2. The van der Waals surface area contributed by atoms with E-state index in [1.165, 1.54) is 17.0 Å². The van der Waals surface area contributed by atoms with Crippen LogP contribution >= 0.6 is 0 Å². The van der Waals surface area contributed by atoms with E-state index < -0.39 is 5.91 Å². The molecule has 1 aromatic rings. The van der Waals surface area contributed by atoms with Crippen LogP contribution in [0.4, 0.5) is 4.79 Å². The summed E-state index contributed by atoms with van der Waals surface area (Å²) < 4.78 is 4.74. The standard InChI is InChI=1S/C10H12N4O4/c15-8-2-1-7(12-13-8)9(16)11-3-4-14-5-6-18-10(14)17/h1-2H,3-6H2,(H,11,16)(H,13,15). The minimum Gasteiger partial charge on any atom is -0.448 e. The van der Waals surface area contributed by atoms with Gasteiger partial charge in [0.05, 0.1) is 6.54 Å². The van der Waals surface area contributed by atoms with Crippen LogP contribution in [0, 0.1) is 0 Å². The number of aromatic nitrogens is 2. The van der Waals surface area contributed by atoms with Gasteiger partial charge in [-0.05, 0) is 6.07 Å². The maximum absolute atomic E-state index is 11.6. The van der Waals surface area contributed by atoms with E-state index in [-0.39, 0.29) is 17.3 Å². The molecule has 96 valence electrons. The lowest BCUT2D eigenvalue weighted by Gasteiger charge is -2.12. The maximum Gasteiger partial charge on any atom is 0.409 e. The fourth-order valence-electron chi connectivity index (χ4n) is 1.49. The smallest absolute Gasteiger partial charge is 0.409 e. The van der Waals surface area contributed by atoms with Gasteiger partial charge < -0.3 is 15.0 Å². The average Bonchev–Trinajstić information content (AvgIpc) is 2.76. The molecule has 2 N–H and O–H groups in total. The van der Waals surface area contributed by atoms with E-state index in [9.17, 15) is 14.4 Å². The molecule has 0 atom stereocenters. The summed E-state index contributed by atoms with van der Waals surface area (Å²) in [6, 6.07) is 2.55. The second-order valence-electron chi connectivity index (χ2n) is 3.66. The summed E-state index contributed by atoms with van der Waals surface area (Å²) in [5, 5.41) is 8.35. The number of hydrogen-bond donors (Lipinski definition) is 2. The van der Waals surface area contributed by atoms with Gasteiger partial charge >= 0.3 is 6.09 Å². The van der Waals surface area contributed by atoms with Gasteiger partial charge in [0.15, 0.2) is 0 Å². The third-order valence-electron chi connectivity index (χ3n) is 2.42. The van der Waals surface area contributed by atoms with E-state index in [0.717, 1.165) is 0 Å². The number of rotatable bonds is 4. The van der Waals surface area contributed by atoms with Gasteiger partial charge in [0, 0.05) is 19.2 Å². The summed E-state index contributed by atoms with van der Waals surface area (Å²) in [7, 11) is 0. The Morgan fingerprint density at radius 1 is 1.50 bits per heavy atom. The Balaban J connectivity index is 1.79. The van der Waals surface area contributed by atoms with E-state index in [0.29, 0.717) is 26.2 Å². The second-order valence-corrected chi connectivity index (χ2v) is 3.66. The summed E-state index contributed by atoms with van der Waals surface area (Å²) in [6.45, 7) is 1.60. The van der Waals surface area contributed by atoms with Gasteiger partial charge in [0.2, 0.25) is 0 Å². The van der Waals surface area contributed by atoms with Crippen LogP contribution in [-0.2, 0) is 4.74 Å². The summed E-state index contributed by atoms with van der Waals surface area (Å²) in [6.07, 6.45) is -0.369. The molecule has 1 saturated heterocycles. The first kappa shape index (κ1) is 12.1. The van der Waals surface area contributed by atoms with E-state index in [4.69, 9.17) is 4.74 Å². The van der Waals surface area contributed by atoms with Crippen LogP contribution in [-0.4, -0.2) is 53.3 Å². The zero-order valence-electron chi connectivity index (χ0n) is 9.51. The van der Waals surface area contributed by atoms with Crippen LogP contribution in [0.15, 0.2) is 16.9 Å². The molecule has 1 aromatic heterocycles. The maximum atomic E-state index is 11.6. The molecule has 0 radical (unpaired) electrons. The molecule has 8 heteroatoms. The summed E-state index contributed by atoms with van der Waals surface area (Å²) >= 11 is 0. The van der Waals surface area contributed by atoms with Crippen LogP contribution in [0.5, 0.6) is 0 Å². The quantitative estimate of drug-likeness (QED) is 0.711. The van der Waals surface area contributed by atoms with Crippen LogP contribution in [0.3, 0.4) is 0 Å². The van der Waals surface area contributed by atoms with Gasteiger partial charge in [0.25, 0.3) is 11.5 Å². The molecular weight excluding hydrogens is 240 g/mol. The number of carbonyl (C=O) groups is 2. The summed E-state index contributed by atoms with van der Waals surface area (Å²) in [5.74, 6) is -0.404. The Bertz CT molecular complexity index is 492. The second kappa shape index (κ2) is 5.30. The molecule has 0 aliphatic carbocycles. The highest BCUT2D eigenvalue weighted by atomic mass is 16.6. The fraction of sp³-hybridized carbons (Fsp3) is 0.400. The molecule has 0 unspecified atom stereocenters. The lowest BCUT2D eigenvalue weighted by molar-refractivity contribution is 0.0942. The number of hydrogen-bond acceptors (Lipinski definition) is 5. The highest BCUT2D eigenvalue weighted by Crippen LogP contribution is 2.01. The number of H-pyrrole nitrogens is 1. The van der Waals surface area contributed by atoms with Gasteiger partial charge in [-0.25, -0.2) is 9.89 Å². The molecule has 1 aliphatic heterocycles. The molecule has 1 aliphatic rings. The van der Waals surface area contributed by atoms with Crippen molar-refractivity contribution < 1.29 is 14.3 Å². The predicted octanol–water partition coefficient (Wildman–Crippen LogP) is -1.05. The van der Waals surface area contributed by atoms with E-state index in [1.807, 2.05) is 0 Å². The minimum atomic E-state index is -0.404. The first-order valence-electron chi connectivity index (χ1n) is 5.42. The number of nitrogens with one attached hydrogen (secondary N) is 2. The van der Waals surface area contributed by atoms with Gasteiger partial charge in [-0.1, -0.05) is 0 Å². The Morgan fingerprint density at radius 2 is 2.33 bits per heavy atom. The van der Waals surface area contributed by atoms with Crippen molar-refractivity contribution in [2.24, 2.45) is 0 Å². The molecule has 1 fully saturated rings. The molecule has 0 saturated carbocycles. The highest BCUT2D eigenvalue weighted by molar-refractivity contribution is 5.91. The SMILES string of the molecule is O=C(NCCN1CCOC1=O)c1ccc(=O)[nH]n1. The minimum absolute atomic E-state index is 0.124. The summed E-state index contributed by atoms with van der Waals surface area (Å²) in [4.78, 5) is 34.9. The lowest BCUT2D eigenvalue weighted by Crippen LogP contribution is -2.35. The van der Waals surface area contributed by atoms with E-state index in [1.54, 1.807) is 0 Å². The molecule has 2 heterocycles. The first-order valence-corrected chi connectivity index (χ1v) is 5.42. The highest BCUT2D eigenvalue weighted by Gasteiger charge is 2.21. The van der Waals surface area contributed by atoms with Crippen molar-refractivity contribution in [2.45, 2.75) is 0 Å². The topological polar surface area (TPSA) is 104 Å². The third kappa shape index (κ3) is 2.84. The molecule has 8 nitrogen and oxygen atoms in total. The summed E-state index contributed by atoms with van der Waals surface area (Å²) in [5.41, 5.74) is -0.245. The largest absolute Gasteiger partial charge is 0.448 e. The van der Waals surface area contributed by atoms with Gasteiger partial charge in [0.1, 0.15) is 12.3 Å². The normalized spacial score (nSPS) is 14.4. The number of ether oxygens (including phenoxy) is 1. The van der Waals surface area contributed by atoms with Crippen molar-refractivity contribution in [3.05, 3.63) is 28.2 Å². The lowest BCUT2D eigenvalue weighted by atomic mass is 10.3. The predicted molar refractivity (Wildman–Crippen MR) is 60.1 cm³/mol. The van der Waals surface area contributed by atoms with Crippen LogP contribution in [0.2, 0.25) is 0 Å². The van der Waals surface area contributed by atoms with E-state index in [2.05, 4.69) is 15.5 Å². The van der Waals surface area contributed by atoms with Crippen LogP contribution in [0.25, 0.3) is 0 Å². The van der Waals surface area contributed by atoms with Gasteiger partial charge in [-0.3, -0.25) is 9.59 Å². The zero-order chi connectivity index (χ0) is 13.0. The van der Waals surface area contributed by atoms with Crippen molar-refractivity contribution in [2.75, 3.05) is 26.2 Å². The Hall–Kier alpha value is -2.38. The number of amides is 2. The number of aromatic amines is 1. The monoisotopic (exact) mass is 252 g/mol. The number of cyclic esters (lactones) is 1.